The number of anilines is 1. The van der Waals surface area contributed by atoms with Crippen LogP contribution >= 0.6 is 11.8 Å². The molecule has 1 fully saturated rings. The van der Waals surface area contributed by atoms with Crippen molar-refractivity contribution in [2.75, 3.05) is 5.32 Å². The van der Waals surface area contributed by atoms with Crippen molar-refractivity contribution < 1.29 is 18.4 Å². The molecule has 0 unspecified atom stereocenters. The molecular weight excluding hydrogens is 346 g/mol. The highest BCUT2D eigenvalue weighted by Crippen LogP contribution is 2.26. The number of carbonyl (C=O) groups is 2. The molecule has 0 saturated heterocycles. The lowest BCUT2D eigenvalue weighted by molar-refractivity contribution is 0.0952. The van der Waals surface area contributed by atoms with Gasteiger partial charge < -0.3 is 10.6 Å². The lowest BCUT2D eigenvalue weighted by Crippen LogP contribution is -2.27. The van der Waals surface area contributed by atoms with E-state index in [4.69, 9.17) is 0 Å². The van der Waals surface area contributed by atoms with Gasteiger partial charge in [-0.3, -0.25) is 9.59 Å². The molecule has 7 heteroatoms. The number of para-hydroxylation sites is 1. The number of thioether (sulfide) groups is 1. The van der Waals surface area contributed by atoms with Gasteiger partial charge in [0.2, 0.25) is 0 Å². The fraction of sp³-hybridized carbons (Fsp3) is 0.222. The molecule has 3 rings (SSSR count). The van der Waals surface area contributed by atoms with Crippen LogP contribution in [0.3, 0.4) is 0 Å². The summed E-state index contributed by atoms with van der Waals surface area (Å²) in [6.45, 7) is 0. The molecule has 0 bridgehead atoms. The van der Waals surface area contributed by atoms with Crippen molar-refractivity contribution in [2.45, 2.75) is 29.5 Å². The van der Waals surface area contributed by atoms with Gasteiger partial charge in [0, 0.05) is 16.5 Å². The van der Waals surface area contributed by atoms with Crippen molar-refractivity contribution in [1.29, 1.82) is 0 Å². The van der Waals surface area contributed by atoms with Gasteiger partial charge in [-0.15, -0.1) is 0 Å². The van der Waals surface area contributed by atoms with Gasteiger partial charge in [-0.1, -0.05) is 23.9 Å². The number of halogens is 2. The number of nitrogens with one attached hydrogen (secondary N) is 2. The number of rotatable bonds is 6. The van der Waals surface area contributed by atoms with Crippen LogP contribution in [0.4, 0.5) is 14.5 Å². The Bertz CT molecular complexity index is 777. The summed E-state index contributed by atoms with van der Waals surface area (Å²) in [5, 5.41) is 5.59. The topological polar surface area (TPSA) is 58.2 Å². The fourth-order valence-corrected chi connectivity index (χ4v) is 2.76. The van der Waals surface area contributed by atoms with Gasteiger partial charge >= 0.3 is 0 Å². The van der Waals surface area contributed by atoms with Crippen LogP contribution in [0.1, 0.15) is 33.6 Å². The summed E-state index contributed by atoms with van der Waals surface area (Å²) in [5.41, 5.74) is 1.14. The Hall–Kier alpha value is -2.41. The predicted molar refractivity (Wildman–Crippen MR) is 93.2 cm³/mol. The third kappa shape index (κ3) is 4.79. The normalized spacial score (nSPS) is 13.6. The van der Waals surface area contributed by atoms with Crippen molar-refractivity contribution >= 4 is 29.3 Å². The van der Waals surface area contributed by atoms with Crippen LogP contribution < -0.4 is 10.6 Å². The summed E-state index contributed by atoms with van der Waals surface area (Å²) in [6.07, 6.45) is 1.95. The predicted octanol–water partition coefficient (Wildman–Crippen LogP) is 4.15. The zero-order valence-electron chi connectivity index (χ0n) is 13.2. The van der Waals surface area contributed by atoms with Gasteiger partial charge in [-0.25, -0.2) is 0 Å². The largest absolute Gasteiger partial charge is 0.349 e. The molecule has 2 N–H and O–H groups in total. The molecule has 2 aromatic rings. The van der Waals surface area contributed by atoms with E-state index in [1.54, 1.807) is 24.3 Å². The second-order valence-electron chi connectivity index (χ2n) is 5.65. The lowest BCUT2D eigenvalue weighted by atomic mass is 10.1. The second-order valence-corrected chi connectivity index (χ2v) is 6.71. The van der Waals surface area contributed by atoms with Crippen molar-refractivity contribution in [2.24, 2.45) is 0 Å². The molecule has 25 heavy (non-hydrogen) atoms. The Balaban J connectivity index is 1.71. The van der Waals surface area contributed by atoms with E-state index in [1.165, 1.54) is 24.3 Å². The van der Waals surface area contributed by atoms with E-state index < -0.39 is 11.7 Å². The number of carbonyl (C=O) groups excluding carboxylic acids is 2. The minimum absolute atomic E-state index is 0.219. The first-order valence-electron chi connectivity index (χ1n) is 7.79. The smallest absolute Gasteiger partial charge is 0.288 e. The van der Waals surface area contributed by atoms with Crippen LogP contribution in [-0.2, 0) is 0 Å². The maximum absolute atomic E-state index is 12.4. The summed E-state index contributed by atoms with van der Waals surface area (Å²) >= 11 is 0.423. The van der Waals surface area contributed by atoms with E-state index in [1.807, 2.05) is 0 Å². The fourth-order valence-electron chi connectivity index (χ4n) is 2.26. The Morgan fingerprint density at radius 1 is 1.00 bits per heavy atom. The average molecular weight is 362 g/mol. The third-order valence-corrected chi connectivity index (χ3v) is 4.40. The first kappa shape index (κ1) is 17.4. The van der Waals surface area contributed by atoms with Gasteiger partial charge in [0.05, 0.1) is 11.3 Å². The van der Waals surface area contributed by atoms with Gasteiger partial charge in [0.25, 0.3) is 17.6 Å². The van der Waals surface area contributed by atoms with Crippen LogP contribution in [0.2, 0.25) is 0 Å². The Morgan fingerprint density at radius 2 is 1.68 bits per heavy atom. The second kappa shape index (κ2) is 7.65. The quantitative estimate of drug-likeness (QED) is 0.759. The molecule has 0 radical (unpaired) electrons. The van der Waals surface area contributed by atoms with E-state index >= 15 is 0 Å². The van der Waals surface area contributed by atoms with Crippen LogP contribution in [0.15, 0.2) is 53.4 Å². The lowest BCUT2D eigenvalue weighted by Gasteiger charge is -2.11. The van der Waals surface area contributed by atoms with Crippen LogP contribution in [-0.4, -0.2) is 23.6 Å². The van der Waals surface area contributed by atoms with Crippen LogP contribution in [0, 0.1) is 0 Å². The van der Waals surface area contributed by atoms with Crippen LogP contribution in [0.25, 0.3) is 0 Å². The summed E-state index contributed by atoms with van der Waals surface area (Å²) in [6, 6.07) is 12.9. The minimum atomic E-state index is -2.50. The van der Waals surface area contributed by atoms with Gasteiger partial charge in [0.1, 0.15) is 0 Å². The molecular formula is C18H16F2N2O2S. The highest BCUT2D eigenvalue weighted by atomic mass is 32.2. The number of amides is 2. The molecule has 4 nitrogen and oxygen atoms in total. The third-order valence-electron chi connectivity index (χ3n) is 3.67. The van der Waals surface area contributed by atoms with E-state index in [-0.39, 0.29) is 11.9 Å². The molecule has 1 saturated carbocycles. The Kier molecular flexibility index (Phi) is 5.33. The van der Waals surface area contributed by atoms with E-state index in [0.29, 0.717) is 33.5 Å². The van der Waals surface area contributed by atoms with Crippen molar-refractivity contribution in [3.63, 3.8) is 0 Å². The molecule has 1 aliphatic rings. The maximum atomic E-state index is 12.4. The van der Waals surface area contributed by atoms with Crippen molar-refractivity contribution in [3.8, 4) is 0 Å². The molecule has 1 aliphatic carbocycles. The number of alkyl halides is 2. The van der Waals surface area contributed by atoms with Crippen LogP contribution in [0.5, 0.6) is 0 Å². The molecule has 2 amide bonds. The molecule has 2 aromatic carbocycles. The zero-order valence-corrected chi connectivity index (χ0v) is 14.0. The number of hydrogen-bond donors (Lipinski definition) is 2. The monoisotopic (exact) mass is 362 g/mol. The number of benzene rings is 2. The average Bonchev–Trinajstić information content (AvgIpc) is 3.39. The summed E-state index contributed by atoms with van der Waals surface area (Å²) < 4.78 is 24.7. The highest BCUT2D eigenvalue weighted by Gasteiger charge is 2.25. The van der Waals surface area contributed by atoms with E-state index in [0.717, 1.165) is 12.8 Å². The standard InChI is InChI=1S/C18H16F2N2O2S/c19-18(20)25-13-9-5-11(6-10-13)16(23)22-15-4-2-1-3-14(15)17(24)21-12-7-8-12/h1-6,9-10,12,18H,7-8H2,(H,21,24)(H,22,23). The Morgan fingerprint density at radius 3 is 2.32 bits per heavy atom. The maximum Gasteiger partial charge on any atom is 0.288 e. The Labute approximate surface area is 148 Å². The molecule has 0 heterocycles. The molecule has 0 aliphatic heterocycles. The number of hydrogen-bond acceptors (Lipinski definition) is 3. The zero-order chi connectivity index (χ0) is 17.8. The van der Waals surface area contributed by atoms with Gasteiger partial charge in [-0.2, -0.15) is 8.78 Å². The highest BCUT2D eigenvalue weighted by molar-refractivity contribution is 7.99. The molecule has 0 atom stereocenters. The molecule has 0 aromatic heterocycles. The minimum Gasteiger partial charge on any atom is -0.349 e. The van der Waals surface area contributed by atoms with Crippen molar-refractivity contribution in [1.82, 2.24) is 5.32 Å². The summed E-state index contributed by atoms with van der Waals surface area (Å²) in [4.78, 5) is 25.0. The summed E-state index contributed by atoms with van der Waals surface area (Å²) in [5.74, 6) is -3.13. The van der Waals surface area contributed by atoms with Gasteiger partial charge in [-0.05, 0) is 49.2 Å². The molecule has 0 spiro atoms. The van der Waals surface area contributed by atoms with E-state index in [9.17, 15) is 18.4 Å². The summed E-state index contributed by atoms with van der Waals surface area (Å²) in [7, 11) is 0. The first-order chi connectivity index (χ1) is 12.0. The SMILES string of the molecule is O=C(Nc1ccccc1C(=O)NC1CC1)c1ccc(SC(F)F)cc1. The van der Waals surface area contributed by atoms with Crippen molar-refractivity contribution in [3.05, 3.63) is 59.7 Å². The first-order valence-corrected chi connectivity index (χ1v) is 8.67. The van der Waals surface area contributed by atoms with E-state index in [2.05, 4.69) is 10.6 Å². The molecule has 130 valence electrons. The van der Waals surface area contributed by atoms with Gasteiger partial charge in [0.15, 0.2) is 0 Å².